The molecule has 1 fully saturated rings. The van der Waals surface area contributed by atoms with E-state index in [1.165, 1.54) is 56.3 Å². The molecule has 0 amide bonds. The summed E-state index contributed by atoms with van der Waals surface area (Å²) in [7, 11) is 3.45. The molecule has 3 aliphatic heterocycles. The van der Waals surface area contributed by atoms with Gasteiger partial charge in [-0.1, -0.05) is 24.3 Å². The molecule has 0 unspecified atom stereocenters. The summed E-state index contributed by atoms with van der Waals surface area (Å²) in [5.74, 6) is 2.50. The van der Waals surface area contributed by atoms with Gasteiger partial charge in [0.15, 0.2) is 11.5 Å². The van der Waals surface area contributed by atoms with Crippen LogP contribution in [0.2, 0.25) is 0 Å². The first-order valence-electron chi connectivity index (χ1n) is 11.6. The topological polar surface area (TPSA) is 33.7 Å². The van der Waals surface area contributed by atoms with E-state index in [0.717, 1.165) is 30.4 Å². The van der Waals surface area contributed by atoms with Gasteiger partial charge in [-0.3, -0.25) is 4.90 Å². The van der Waals surface area contributed by atoms with E-state index in [1.54, 1.807) is 25.3 Å². The van der Waals surface area contributed by atoms with E-state index < -0.39 is 0 Å². The highest BCUT2D eigenvalue weighted by molar-refractivity contribution is 5.49. The lowest BCUT2D eigenvalue weighted by atomic mass is 9.81. The second kappa shape index (κ2) is 8.60. The first-order chi connectivity index (χ1) is 14.8. The average Bonchev–Trinajstić information content (AvgIpc) is 2.81. The maximum atomic E-state index is 5.57. The fourth-order valence-electron chi connectivity index (χ4n) is 5.94. The van der Waals surface area contributed by atoms with Gasteiger partial charge < -0.3 is 14.8 Å². The van der Waals surface area contributed by atoms with Crippen molar-refractivity contribution < 1.29 is 9.47 Å². The number of hydrogen-bond acceptors (Lipinski definition) is 4. The second-order valence-electron chi connectivity index (χ2n) is 9.14. The molecular formula is C26H34N2O2. The van der Waals surface area contributed by atoms with E-state index in [1.807, 2.05) is 0 Å². The minimum Gasteiger partial charge on any atom is -0.493 e. The lowest BCUT2D eigenvalue weighted by Gasteiger charge is -2.44. The summed E-state index contributed by atoms with van der Waals surface area (Å²) in [6, 6.07) is 14.5. The SMILES string of the molecule is COc1cc2c(cc1OC)[C@H](CC[C@@H]1CC[C@@H]3c4ccccc4CCN3C1)NCC2. The summed E-state index contributed by atoms with van der Waals surface area (Å²) in [5.41, 5.74) is 5.97. The number of rotatable bonds is 5. The van der Waals surface area contributed by atoms with Gasteiger partial charge in [0.1, 0.15) is 0 Å². The minimum atomic E-state index is 0.424. The molecule has 1 N–H and O–H groups in total. The molecule has 3 aliphatic rings. The number of ether oxygens (including phenoxy) is 2. The number of hydrogen-bond donors (Lipinski definition) is 1. The number of piperidine rings is 1. The van der Waals surface area contributed by atoms with Gasteiger partial charge in [-0.05, 0) is 85.4 Å². The predicted molar refractivity (Wildman–Crippen MR) is 120 cm³/mol. The maximum Gasteiger partial charge on any atom is 0.161 e. The lowest BCUT2D eigenvalue weighted by molar-refractivity contribution is 0.0926. The first kappa shape index (κ1) is 19.9. The zero-order valence-electron chi connectivity index (χ0n) is 18.3. The minimum absolute atomic E-state index is 0.424. The van der Waals surface area contributed by atoms with Crippen molar-refractivity contribution in [3.63, 3.8) is 0 Å². The fraction of sp³-hybridized carbons (Fsp3) is 0.538. The molecule has 4 nitrogen and oxygen atoms in total. The van der Waals surface area contributed by atoms with Gasteiger partial charge >= 0.3 is 0 Å². The van der Waals surface area contributed by atoms with Crippen LogP contribution in [0.15, 0.2) is 36.4 Å². The smallest absolute Gasteiger partial charge is 0.161 e. The normalized spacial score (nSPS) is 25.7. The van der Waals surface area contributed by atoms with Crippen molar-refractivity contribution in [2.24, 2.45) is 5.92 Å². The Balaban J connectivity index is 1.24. The summed E-state index contributed by atoms with van der Waals surface area (Å²) in [4.78, 5) is 2.76. The van der Waals surface area contributed by atoms with Crippen LogP contribution in [-0.2, 0) is 12.8 Å². The third kappa shape index (κ3) is 3.72. The number of fused-ring (bicyclic) bond motifs is 4. The lowest BCUT2D eigenvalue weighted by Crippen LogP contribution is -2.42. The Bertz CT molecular complexity index is 897. The van der Waals surface area contributed by atoms with Gasteiger partial charge in [0, 0.05) is 25.2 Å². The van der Waals surface area contributed by atoms with Crippen molar-refractivity contribution in [1.82, 2.24) is 10.2 Å². The highest BCUT2D eigenvalue weighted by Crippen LogP contribution is 2.41. The third-order valence-electron chi connectivity index (χ3n) is 7.53. The fourth-order valence-corrected chi connectivity index (χ4v) is 5.94. The van der Waals surface area contributed by atoms with E-state index in [2.05, 4.69) is 46.6 Å². The Labute approximate surface area is 180 Å². The zero-order chi connectivity index (χ0) is 20.5. The van der Waals surface area contributed by atoms with Crippen molar-refractivity contribution in [3.05, 3.63) is 58.7 Å². The van der Waals surface area contributed by atoms with E-state index >= 15 is 0 Å². The monoisotopic (exact) mass is 406 g/mol. The summed E-state index contributed by atoms with van der Waals surface area (Å²) >= 11 is 0. The van der Waals surface area contributed by atoms with Crippen LogP contribution in [0.3, 0.4) is 0 Å². The van der Waals surface area contributed by atoms with Gasteiger partial charge in [-0.15, -0.1) is 0 Å². The second-order valence-corrected chi connectivity index (χ2v) is 9.14. The van der Waals surface area contributed by atoms with Crippen molar-refractivity contribution in [2.75, 3.05) is 33.9 Å². The molecule has 2 aromatic carbocycles. The first-order valence-corrected chi connectivity index (χ1v) is 11.6. The molecule has 0 spiro atoms. The molecule has 30 heavy (non-hydrogen) atoms. The quantitative estimate of drug-likeness (QED) is 0.782. The van der Waals surface area contributed by atoms with Gasteiger partial charge in [0.2, 0.25) is 0 Å². The Morgan fingerprint density at radius 2 is 1.77 bits per heavy atom. The molecule has 3 atom stereocenters. The number of benzene rings is 2. The summed E-state index contributed by atoms with van der Waals surface area (Å²) in [6.07, 6.45) is 7.41. The van der Waals surface area contributed by atoms with E-state index in [9.17, 15) is 0 Å². The molecule has 2 aromatic rings. The predicted octanol–water partition coefficient (Wildman–Crippen LogP) is 4.68. The van der Waals surface area contributed by atoms with Crippen molar-refractivity contribution >= 4 is 0 Å². The van der Waals surface area contributed by atoms with Crippen molar-refractivity contribution in [2.45, 2.75) is 50.6 Å². The largest absolute Gasteiger partial charge is 0.493 e. The van der Waals surface area contributed by atoms with E-state index in [4.69, 9.17) is 9.47 Å². The Kier molecular flexibility index (Phi) is 5.70. The Morgan fingerprint density at radius 3 is 2.63 bits per heavy atom. The Morgan fingerprint density at radius 1 is 0.933 bits per heavy atom. The highest BCUT2D eigenvalue weighted by atomic mass is 16.5. The number of methoxy groups -OCH3 is 2. The molecule has 0 aliphatic carbocycles. The van der Waals surface area contributed by atoms with E-state index in [0.29, 0.717) is 12.1 Å². The van der Waals surface area contributed by atoms with E-state index in [-0.39, 0.29) is 0 Å². The number of nitrogens with zero attached hydrogens (tertiary/aromatic N) is 1. The molecule has 1 saturated heterocycles. The van der Waals surface area contributed by atoms with Crippen molar-refractivity contribution in [1.29, 1.82) is 0 Å². The number of nitrogens with one attached hydrogen (secondary N) is 1. The molecule has 160 valence electrons. The van der Waals surface area contributed by atoms with Gasteiger partial charge in [0.05, 0.1) is 14.2 Å². The van der Waals surface area contributed by atoms with Crippen LogP contribution in [0.5, 0.6) is 11.5 Å². The van der Waals surface area contributed by atoms with Crippen molar-refractivity contribution in [3.8, 4) is 11.5 Å². The van der Waals surface area contributed by atoms with Crippen LogP contribution in [0.4, 0.5) is 0 Å². The van der Waals surface area contributed by atoms with Crippen LogP contribution >= 0.6 is 0 Å². The summed E-state index contributed by atoms with van der Waals surface area (Å²) in [5, 5.41) is 3.76. The highest BCUT2D eigenvalue weighted by Gasteiger charge is 2.33. The maximum absolute atomic E-state index is 5.57. The molecule has 0 bridgehead atoms. The zero-order valence-corrected chi connectivity index (χ0v) is 18.3. The molecule has 5 rings (SSSR count). The molecule has 0 aromatic heterocycles. The average molecular weight is 407 g/mol. The summed E-state index contributed by atoms with van der Waals surface area (Å²) < 4.78 is 11.1. The Hall–Kier alpha value is -2.04. The van der Waals surface area contributed by atoms with Crippen LogP contribution in [0, 0.1) is 5.92 Å². The molecule has 4 heteroatoms. The van der Waals surface area contributed by atoms with Gasteiger partial charge in [0.25, 0.3) is 0 Å². The van der Waals surface area contributed by atoms with Gasteiger partial charge in [-0.2, -0.15) is 0 Å². The van der Waals surface area contributed by atoms with Crippen LogP contribution < -0.4 is 14.8 Å². The van der Waals surface area contributed by atoms with Crippen LogP contribution in [0.25, 0.3) is 0 Å². The molecule has 3 heterocycles. The standard InChI is InChI=1S/C26H34N2O2/c1-29-25-15-20-11-13-27-23(22(20)16-26(25)30-2)9-7-18-8-10-24-21-6-4-3-5-19(21)12-14-28(24)17-18/h3-6,15-16,18,23-24,27H,7-14,17H2,1-2H3/t18-,23+,24-/m1/s1. The molecular weight excluding hydrogens is 372 g/mol. The van der Waals surface area contributed by atoms with Crippen LogP contribution in [-0.4, -0.2) is 38.8 Å². The van der Waals surface area contributed by atoms with Gasteiger partial charge in [-0.25, -0.2) is 0 Å². The van der Waals surface area contributed by atoms with Crippen LogP contribution in [0.1, 0.15) is 60.0 Å². The summed E-state index contributed by atoms with van der Waals surface area (Å²) in [6.45, 7) is 3.52. The third-order valence-corrected chi connectivity index (χ3v) is 7.53. The molecule has 0 saturated carbocycles. The molecule has 0 radical (unpaired) electrons.